The lowest BCUT2D eigenvalue weighted by Crippen LogP contribution is -2.30. The minimum atomic E-state index is -0.0575. The smallest absolute Gasteiger partial charge is 0.223 e. The van der Waals surface area contributed by atoms with E-state index in [0.29, 0.717) is 6.04 Å². The maximum absolute atomic E-state index is 11.9. The van der Waals surface area contributed by atoms with Gasteiger partial charge in [-0.15, -0.1) is 0 Å². The van der Waals surface area contributed by atoms with Crippen molar-refractivity contribution in [1.82, 2.24) is 14.9 Å². The van der Waals surface area contributed by atoms with Gasteiger partial charge in [0, 0.05) is 12.0 Å². The molecule has 1 aromatic carbocycles. The summed E-state index contributed by atoms with van der Waals surface area (Å²) in [5.74, 6) is 1.34. The molecule has 0 unspecified atom stereocenters. The molecule has 1 fully saturated rings. The SMILES string of the molecule is CC(C)n1c([C@@H](C)NC(=O)C2CC2)nc2ccccc21. The van der Waals surface area contributed by atoms with E-state index in [0.717, 1.165) is 29.7 Å². The topological polar surface area (TPSA) is 46.9 Å². The highest BCUT2D eigenvalue weighted by molar-refractivity contribution is 5.81. The molecule has 0 saturated heterocycles. The number of para-hydroxylation sites is 2. The summed E-state index contributed by atoms with van der Waals surface area (Å²) in [6, 6.07) is 8.39. The van der Waals surface area contributed by atoms with Crippen LogP contribution in [0.1, 0.15) is 51.5 Å². The Labute approximate surface area is 119 Å². The van der Waals surface area contributed by atoms with Crippen molar-refractivity contribution in [3.05, 3.63) is 30.1 Å². The highest BCUT2D eigenvalue weighted by Crippen LogP contribution is 2.30. The number of carbonyl (C=O) groups is 1. The first-order valence-corrected chi connectivity index (χ1v) is 7.35. The molecule has 0 radical (unpaired) electrons. The molecule has 2 aromatic rings. The first-order chi connectivity index (χ1) is 9.58. The molecule has 1 aliphatic carbocycles. The number of nitrogens with zero attached hydrogens (tertiary/aromatic N) is 2. The van der Waals surface area contributed by atoms with Crippen molar-refractivity contribution >= 4 is 16.9 Å². The Balaban J connectivity index is 1.96. The van der Waals surface area contributed by atoms with Crippen molar-refractivity contribution in [3.8, 4) is 0 Å². The average molecular weight is 271 g/mol. The molecule has 1 atom stereocenters. The van der Waals surface area contributed by atoms with Crippen molar-refractivity contribution < 1.29 is 4.79 Å². The summed E-state index contributed by atoms with van der Waals surface area (Å²) in [7, 11) is 0. The van der Waals surface area contributed by atoms with Gasteiger partial charge >= 0.3 is 0 Å². The summed E-state index contributed by atoms with van der Waals surface area (Å²) in [6.45, 7) is 6.31. The summed E-state index contributed by atoms with van der Waals surface area (Å²) in [5, 5.41) is 3.09. The van der Waals surface area contributed by atoms with E-state index in [2.05, 4.69) is 29.8 Å². The van der Waals surface area contributed by atoms with E-state index in [9.17, 15) is 4.79 Å². The van der Waals surface area contributed by atoms with Crippen LogP contribution in [0.15, 0.2) is 24.3 Å². The second-order valence-corrected chi connectivity index (χ2v) is 5.93. The lowest BCUT2D eigenvalue weighted by molar-refractivity contribution is -0.123. The molecular weight excluding hydrogens is 250 g/mol. The Bertz CT molecular complexity index is 640. The summed E-state index contributed by atoms with van der Waals surface area (Å²) < 4.78 is 2.22. The highest BCUT2D eigenvalue weighted by atomic mass is 16.2. The van der Waals surface area contributed by atoms with E-state index in [1.807, 2.05) is 25.1 Å². The van der Waals surface area contributed by atoms with Crippen molar-refractivity contribution in [2.75, 3.05) is 0 Å². The molecule has 0 aliphatic heterocycles. The lowest BCUT2D eigenvalue weighted by Gasteiger charge is -2.18. The number of nitrogens with one attached hydrogen (secondary N) is 1. The van der Waals surface area contributed by atoms with E-state index in [1.165, 1.54) is 0 Å². The predicted octanol–water partition coefficient (Wildman–Crippen LogP) is 3.20. The van der Waals surface area contributed by atoms with E-state index in [1.54, 1.807) is 0 Å². The van der Waals surface area contributed by atoms with Crippen LogP contribution in [0.25, 0.3) is 11.0 Å². The Kier molecular flexibility index (Phi) is 3.24. The fourth-order valence-electron chi connectivity index (χ4n) is 2.65. The van der Waals surface area contributed by atoms with E-state index >= 15 is 0 Å². The van der Waals surface area contributed by atoms with Crippen molar-refractivity contribution in [2.45, 2.75) is 45.7 Å². The van der Waals surface area contributed by atoms with Gasteiger partial charge in [0.15, 0.2) is 0 Å². The second kappa shape index (κ2) is 4.93. The molecule has 20 heavy (non-hydrogen) atoms. The van der Waals surface area contributed by atoms with Crippen LogP contribution in [0.5, 0.6) is 0 Å². The molecule has 0 bridgehead atoms. The zero-order chi connectivity index (χ0) is 14.3. The minimum Gasteiger partial charge on any atom is -0.346 e. The summed E-state index contributed by atoms with van der Waals surface area (Å²) in [5.41, 5.74) is 2.12. The quantitative estimate of drug-likeness (QED) is 0.928. The number of hydrogen-bond acceptors (Lipinski definition) is 2. The summed E-state index contributed by atoms with van der Waals surface area (Å²) in [4.78, 5) is 16.7. The number of imidazole rings is 1. The van der Waals surface area contributed by atoms with Gasteiger partial charge in [-0.2, -0.15) is 0 Å². The average Bonchev–Trinajstić information content (AvgIpc) is 3.18. The Morgan fingerprint density at radius 3 is 2.65 bits per heavy atom. The fourth-order valence-corrected chi connectivity index (χ4v) is 2.65. The zero-order valence-corrected chi connectivity index (χ0v) is 12.3. The molecule has 0 spiro atoms. The standard InChI is InChI=1S/C16H21N3O/c1-10(2)19-14-7-5-4-6-13(14)18-15(19)11(3)17-16(20)12-8-9-12/h4-7,10-12H,8-9H2,1-3H3,(H,17,20)/t11-/m1/s1. The number of hydrogen-bond donors (Lipinski definition) is 1. The molecule has 4 heteroatoms. The third-order valence-corrected chi connectivity index (χ3v) is 3.83. The van der Waals surface area contributed by atoms with Crippen LogP contribution in [0.2, 0.25) is 0 Å². The molecule has 106 valence electrons. The Morgan fingerprint density at radius 1 is 1.30 bits per heavy atom. The maximum Gasteiger partial charge on any atom is 0.223 e. The van der Waals surface area contributed by atoms with Crippen LogP contribution in [0.4, 0.5) is 0 Å². The van der Waals surface area contributed by atoms with Crippen LogP contribution < -0.4 is 5.32 Å². The minimum absolute atomic E-state index is 0.0575. The van der Waals surface area contributed by atoms with Crippen LogP contribution in [0.3, 0.4) is 0 Å². The van der Waals surface area contributed by atoms with Crippen LogP contribution in [0, 0.1) is 5.92 Å². The monoisotopic (exact) mass is 271 g/mol. The number of carbonyl (C=O) groups excluding carboxylic acids is 1. The second-order valence-electron chi connectivity index (χ2n) is 5.93. The Morgan fingerprint density at radius 2 is 2.00 bits per heavy atom. The molecular formula is C16H21N3O. The van der Waals surface area contributed by atoms with Crippen molar-refractivity contribution in [3.63, 3.8) is 0 Å². The number of aromatic nitrogens is 2. The summed E-state index contributed by atoms with van der Waals surface area (Å²) >= 11 is 0. The largest absolute Gasteiger partial charge is 0.346 e. The third kappa shape index (κ3) is 2.30. The fraction of sp³-hybridized carbons (Fsp3) is 0.500. The molecule has 4 nitrogen and oxygen atoms in total. The van der Waals surface area contributed by atoms with Gasteiger partial charge in [0.25, 0.3) is 0 Å². The van der Waals surface area contributed by atoms with Gasteiger partial charge in [0.2, 0.25) is 5.91 Å². The van der Waals surface area contributed by atoms with Crippen LogP contribution in [-0.4, -0.2) is 15.5 Å². The van der Waals surface area contributed by atoms with Crippen LogP contribution in [-0.2, 0) is 4.79 Å². The Hall–Kier alpha value is -1.84. The van der Waals surface area contributed by atoms with Gasteiger partial charge < -0.3 is 9.88 Å². The molecule has 1 aromatic heterocycles. The summed E-state index contributed by atoms with van der Waals surface area (Å²) in [6.07, 6.45) is 2.05. The van der Waals surface area contributed by atoms with Crippen LogP contribution >= 0.6 is 0 Å². The first kappa shape index (κ1) is 13.2. The maximum atomic E-state index is 11.9. The first-order valence-electron chi connectivity index (χ1n) is 7.35. The number of amides is 1. The number of fused-ring (bicyclic) bond motifs is 1. The third-order valence-electron chi connectivity index (χ3n) is 3.83. The molecule has 1 amide bonds. The molecule has 1 heterocycles. The normalized spacial score (nSPS) is 16.6. The van der Waals surface area contributed by atoms with Gasteiger partial charge in [0.1, 0.15) is 5.82 Å². The van der Waals surface area contributed by atoms with Crippen molar-refractivity contribution in [2.24, 2.45) is 5.92 Å². The van der Waals surface area contributed by atoms with Gasteiger partial charge in [-0.3, -0.25) is 4.79 Å². The van der Waals surface area contributed by atoms with E-state index in [4.69, 9.17) is 4.98 Å². The van der Waals surface area contributed by atoms with Gasteiger partial charge in [-0.25, -0.2) is 4.98 Å². The number of benzene rings is 1. The van der Waals surface area contributed by atoms with E-state index < -0.39 is 0 Å². The molecule has 3 rings (SSSR count). The van der Waals surface area contributed by atoms with E-state index in [-0.39, 0.29) is 17.9 Å². The highest BCUT2D eigenvalue weighted by Gasteiger charge is 2.31. The van der Waals surface area contributed by atoms with Gasteiger partial charge in [-0.05, 0) is 45.7 Å². The zero-order valence-electron chi connectivity index (χ0n) is 12.3. The molecule has 1 aliphatic rings. The number of rotatable bonds is 4. The van der Waals surface area contributed by atoms with Gasteiger partial charge in [0.05, 0.1) is 17.1 Å². The lowest BCUT2D eigenvalue weighted by atomic mass is 10.2. The van der Waals surface area contributed by atoms with Gasteiger partial charge in [-0.1, -0.05) is 12.1 Å². The molecule has 1 N–H and O–H groups in total. The molecule has 1 saturated carbocycles. The predicted molar refractivity (Wildman–Crippen MR) is 79.4 cm³/mol. The van der Waals surface area contributed by atoms with Crippen molar-refractivity contribution in [1.29, 1.82) is 0 Å².